The van der Waals surface area contributed by atoms with Gasteiger partial charge in [-0.1, -0.05) is 26.8 Å². The van der Waals surface area contributed by atoms with E-state index in [9.17, 15) is 39.5 Å². The molecule has 16 nitrogen and oxygen atoms in total. The summed E-state index contributed by atoms with van der Waals surface area (Å²) in [6.07, 6.45) is -10.2. The standard InChI is InChI=1S/C44H74FN3O13/c1-14-32-44(10,55)36(50)27(6)48(41(53)46-30-17-15-16-29(45)19-30)22-23(2)20-42(8,54)38(61-40-34(49)31(47(11)12)18-24(3)57-40)25(4)35(26(5)39(52)59-32)60-33-21-43(9,56-13)37(51)28(7)58-33/h15-17,19,23-28,31-38,40,49-51,54-55H,14,18,20-22H2,1-13H3,(H,46,53)/t23-,24-,25+,26-,27-,28+,31-,32-,33+,34-,35+,36-,37+,38-,40+,42-,43-,44-/m1/s1. The van der Waals surface area contributed by atoms with Gasteiger partial charge in [0.15, 0.2) is 12.6 Å². The Labute approximate surface area is 360 Å². The third kappa shape index (κ3) is 11.8. The van der Waals surface area contributed by atoms with E-state index in [1.165, 1.54) is 37.1 Å². The number of hydrogen-bond acceptors (Lipinski definition) is 14. The number of cyclic esters (lactones) is 1. The number of nitrogens with zero attached hydrogens (tertiary/aromatic N) is 2. The number of anilines is 1. The van der Waals surface area contributed by atoms with Gasteiger partial charge in [-0.2, -0.15) is 0 Å². The molecule has 0 spiro atoms. The van der Waals surface area contributed by atoms with E-state index in [1.807, 2.05) is 25.9 Å². The molecule has 6 N–H and O–H groups in total. The molecule has 350 valence electrons. The lowest BCUT2D eigenvalue weighted by molar-refractivity contribution is -0.318. The summed E-state index contributed by atoms with van der Waals surface area (Å²) in [4.78, 5) is 31.7. The number of benzene rings is 1. The van der Waals surface area contributed by atoms with E-state index in [2.05, 4.69) is 5.32 Å². The molecule has 0 unspecified atom stereocenters. The smallest absolute Gasteiger partial charge is 0.322 e. The van der Waals surface area contributed by atoms with Crippen molar-refractivity contribution in [3.05, 3.63) is 30.1 Å². The average molecular weight is 872 g/mol. The largest absolute Gasteiger partial charge is 0.459 e. The minimum Gasteiger partial charge on any atom is -0.459 e. The number of amides is 2. The molecule has 0 aromatic heterocycles. The molecule has 2 amide bonds. The number of nitrogens with one attached hydrogen (secondary N) is 1. The van der Waals surface area contributed by atoms with Crippen LogP contribution in [0, 0.1) is 23.6 Å². The van der Waals surface area contributed by atoms with Crippen molar-refractivity contribution in [1.29, 1.82) is 0 Å². The highest BCUT2D eigenvalue weighted by Gasteiger charge is 2.53. The monoisotopic (exact) mass is 872 g/mol. The highest BCUT2D eigenvalue weighted by molar-refractivity contribution is 5.89. The summed E-state index contributed by atoms with van der Waals surface area (Å²) in [6.45, 7) is 16.5. The number of aliphatic hydroxyl groups excluding tert-OH is 3. The highest BCUT2D eigenvalue weighted by Crippen LogP contribution is 2.40. The highest BCUT2D eigenvalue weighted by atomic mass is 19.1. The van der Waals surface area contributed by atoms with Crippen molar-refractivity contribution in [3.8, 4) is 0 Å². The van der Waals surface area contributed by atoms with E-state index in [4.69, 9.17) is 28.4 Å². The number of carbonyl (C=O) groups is 2. The molecule has 17 heteroatoms. The summed E-state index contributed by atoms with van der Waals surface area (Å²) in [5.41, 5.74) is -4.82. The van der Waals surface area contributed by atoms with Crippen molar-refractivity contribution in [1.82, 2.24) is 9.80 Å². The van der Waals surface area contributed by atoms with Crippen LogP contribution in [0.3, 0.4) is 0 Å². The SMILES string of the molecule is CC[C@H]1OC(=O)[C@H](C)[C@@H](O[C@H]2C[C@@](C)(OC)[C@@H](O)[C@H](C)O2)[C@H](C)[C@@H](O[C@@H]2O[C@H](C)C[C@@H](N(C)C)[C@H]2O)[C@](C)(O)C[C@@H](C)CN(C(=O)Nc2cccc(F)c2)[C@H](C)[C@@H](O)[C@]1(C)O. The van der Waals surface area contributed by atoms with Gasteiger partial charge in [0, 0.05) is 37.7 Å². The van der Waals surface area contributed by atoms with Crippen molar-refractivity contribution >= 4 is 17.7 Å². The molecule has 0 bridgehead atoms. The molecule has 3 fully saturated rings. The first-order valence-corrected chi connectivity index (χ1v) is 21.6. The van der Waals surface area contributed by atoms with Crippen molar-refractivity contribution < 1.29 is 67.9 Å². The quantitative estimate of drug-likeness (QED) is 0.206. The number of halogens is 1. The van der Waals surface area contributed by atoms with Gasteiger partial charge in [-0.15, -0.1) is 0 Å². The predicted molar refractivity (Wildman–Crippen MR) is 224 cm³/mol. The van der Waals surface area contributed by atoms with E-state index in [1.54, 1.807) is 55.4 Å². The minimum atomic E-state index is -2.10. The second kappa shape index (κ2) is 20.5. The van der Waals surface area contributed by atoms with Crippen LogP contribution in [0.4, 0.5) is 14.9 Å². The maximum atomic E-state index is 14.4. The Bertz CT molecular complexity index is 1600. The lowest BCUT2D eigenvalue weighted by atomic mass is 9.77. The molecule has 3 heterocycles. The molecule has 0 aliphatic carbocycles. The van der Waals surface area contributed by atoms with Gasteiger partial charge in [0.1, 0.15) is 35.8 Å². The van der Waals surface area contributed by atoms with Crippen molar-refractivity contribution in [2.24, 2.45) is 17.8 Å². The third-order valence-electron chi connectivity index (χ3n) is 13.2. The minimum absolute atomic E-state index is 0.0333. The molecule has 0 saturated carbocycles. The van der Waals surface area contributed by atoms with E-state index < -0.39 is 114 Å². The predicted octanol–water partition coefficient (Wildman–Crippen LogP) is 3.64. The van der Waals surface area contributed by atoms with E-state index in [0.29, 0.717) is 6.42 Å². The van der Waals surface area contributed by atoms with Gasteiger partial charge >= 0.3 is 12.0 Å². The van der Waals surface area contributed by atoms with Crippen molar-refractivity contribution in [2.45, 2.75) is 185 Å². The summed E-state index contributed by atoms with van der Waals surface area (Å²) in [5, 5.41) is 62.0. The molecule has 3 aliphatic heterocycles. The Morgan fingerprint density at radius 3 is 2.25 bits per heavy atom. The van der Waals surface area contributed by atoms with E-state index in [-0.39, 0.29) is 43.6 Å². The second-order valence-corrected chi connectivity index (χ2v) is 18.8. The normalized spacial score (nSPS) is 43.6. The van der Waals surface area contributed by atoms with Gasteiger partial charge < -0.3 is 69.1 Å². The Morgan fingerprint density at radius 1 is 1.00 bits per heavy atom. The molecule has 18 atom stereocenters. The van der Waals surface area contributed by atoms with Crippen molar-refractivity contribution in [2.75, 3.05) is 33.1 Å². The van der Waals surface area contributed by atoms with Crippen molar-refractivity contribution in [3.63, 3.8) is 0 Å². The van der Waals surface area contributed by atoms with E-state index in [0.717, 1.165) is 6.07 Å². The van der Waals surface area contributed by atoms with Crippen LogP contribution >= 0.6 is 0 Å². The maximum Gasteiger partial charge on any atom is 0.322 e. The Morgan fingerprint density at radius 2 is 1.66 bits per heavy atom. The van der Waals surface area contributed by atoms with Crippen LogP contribution in [0.1, 0.15) is 94.9 Å². The number of ether oxygens (including phenoxy) is 6. The summed E-state index contributed by atoms with van der Waals surface area (Å²) >= 11 is 0. The fraction of sp³-hybridized carbons (Fsp3) is 0.818. The number of esters is 1. The molecule has 4 rings (SSSR count). The Balaban J connectivity index is 1.86. The molecule has 1 aromatic carbocycles. The summed E-state index contributed by atoms with van der Waals surface area (Å²) in [6, 6.07) is 3.15. The van der Waals surface area contributed by atoms with Gasteiger partial charge in [-0.25, -0.2) is 9.18 Å². The molecule has 0 radical (unpaired) electrons. The number of carbonyl (C=O) groups excluding carboxylic acids is 2. The molecular weight excluding hydrogens is 797 g/mol. The second-order valence-electron chi connectivity index (χ2n) is 18.8. The first kappa shape index (κ1) is 51.1. The van der Waals surface area contributed by atoms with Crippen LogP contribution in [0.5, 0.6) is 0 Å². The number of rotatable bonds is 8. The molecule has 61 heavy (non-hydrogen) atoms. The van der Waals surface area contributed by atoms with Gasteiger partial charge in [-0.05, 0) is 106 Å². The fourth-order valence-corrected chi connectivity index (χ4v) is 9.54. The number of methoxy groups -OCH3 is 1. The molecular formula is C44H74FN3O13. The Kier molecular flexibility index (Phi) is 17.2. The average Bonchev–Trinajstić information content (AvgIpc) is 3.18. The van der Waals surface area contributed by atoms with Gasteiger partial charge in [0.2, 0.25) is 0 Å². The molecule has 1 aromatic rings. The van der Waals surface area contributed by atoms with Crippen LogP contribution < -0.4 is 5.32 Å². The van der Waals surface area contributed by atoms with Crippen LogP contribution in [-0.4, -0.2) is 165 Å². The third-order valence-corrected chi connectivity index (χ3v) is 13.2. The zero-order valence-corrected chi connectivity index (χ0v) is 38.3. The lowest BCUT2D eigenvalue weighted by Gasteiger charge is -2.48. The summed E-state index contributed by atoms with van der Waals surface area (Å²) in [7, 11) is 5.16. The number of likely N-dealkylation sites (N-methyl/N-ethyl adjacent to an activating group) is 1. The van der Waals surface area contributed by atoms with Crippen LogP contribution in [0.15, 0.2) is 24.3 Å². The van der Waals surface area contributed by atoms with Crippen LogP contribution in [-0.2, 0) is 33.2 Å². The van der Waals surface area contributed by atoms with E-state index >= 15 is 0 Å². The van der Waals surface area contributed by atoms with Crippen LogP contribution in [0.25, 0.3) is 0 Å². The zero-order valence-electron chi connectivity index (χ0n) is 38.3. The first-order valence-electron chi connectivity index (χ1n) is 21.6. The maximum absolute atomic E-state index is 14.4. The molecule has 3 aliphatic rings. The topological polar surface area (TPSA) is 209 Å². The van der Waals surface area contributed by atoms with Crippen LogP contribution in [0.2, 0.25) is 0 Å². The molecule has 3 saturated heterocycles. The zero-order chi connectivity index (χ0) is 45.9. The number of aliphatic hydroxyl groups is 5. The number of hydrogen-bond donors (Lipinski definition) is 6. The summed E-state index contributed by atoms with van der Waals surface area (Å²) < 4.78 is 51.8. The van der Waals surface area contributed by atoms with Gasteiger partial charge in [-0.3, -0.25) is 4.79 Å². The lowest BCUT2D eigenvalue weighted by Crippen LogP contribution is -2.61. The first-order chi connectivity index (χ1) is 28.3. The van der Waals surface area contributed by atoms with Gasteiger partial charge in [0.25, 0.3) is 0 Å². The van der Waals surface area contributed by atoms with Gasteiger partial charge in [0.05, 0.1) is 47.6 Å². The Hall–Kier alpha value is -2.55. The fourth-order valence-electron chi connectivity index (χ4n) is 9.54. The summed E-state index contributed by atoms with van der Waals surface area (Å²) in [5.74, 6) is -3.94. The number of urea groups is 1.